The van der Waals surface area contributed by atoms with E-state index in [9.17, 15) is 9.59 Å². The normalized spacial score (nSPS) is 14.6. The van der Waals surface area contributed by atoms with Gasteiger partial charge in [0.15, 0.2) is 0 Å². The molecule has 2 amide bonds. The molecular formula is C25H26ClN3O2. The number of benzene rings is 3. The summed E-state index contributed by atoms with van der Waals surface area (Å²) in [6.45, 7) is 6.70. The maximum atomic E-state index is 13.1. The molecule has 0 aromatic heterocycles. The average Bonchev–Trinajstić information content (AvgIpc) is 2.76. The van der Waals surface area contributed by atoms with E-state index in [-0.39, 0.29) is 18.4 Å². The summed E-state index contributed by atoms with van der Waals surface area (Å²) in [4.78, 5) is 29.6. The molecule has 0 atom stereocenters. The van der Waals surface area contributed by atoms with Crippen molar-refractivity contribution in [3.63, 3.8) is 0 Å². The van der Waals surface area contributed by atoms with E-state index < -0.39 is 0 Å². The number of hydrogen-bond donors (Lipinski definition) is 1. The van der Waals surface area contributed by atoms with Gasteiger partial charge in [-0.05, 0) is 47.9 Å². The molecule has 1 heterocycles. The molecule has 6 heteroatoms. The lowest BCUT2D eigenvalue weighted by Gasteiger charge is -2.34. The van der Waals surface area contributed by atoms with E-state index in [1.165, 1.54) is 0 Å². The molecule has 1 aliphatic rings. The Kier molecular flexibility index (Phi) is 6.25. The summed E-state index contributed by atoms with van der Waals surface area (Å²) in [7, 11) is 0. The van der Waals surface area contributed by atoms with Gasteiger partial charge >= 0.3 is 0 Å². The van der Waals surface area contributed by atoms with E-state index >= 15 is 0 Å². The summed E-state index contributed by atoms with van der Waals surface area (Å²) in [6, 6.07) is 17.6. The van der Waals surface area contributed by atoms with Crippen LogP contribution in [0.2, 0.25) is 5.02 Å². The van der Waals surface area contributed by atoms with Crippen molar-refractivity contribution in [2.45, 2.75) is 13.8 Å². The number of halogens is 1. The molecule has 0 radical (unpaired) electrons. The minimum Gasteiger partial charge on any atom is -0.336 e. The van der Waals surface area contributed by atoms with E-state index in [0.717, 1.165) is 27.5 Å². The molecule has 1 fully saturated rings. The van der Waals surface area contributed by atoms with E-state index in [1.54, 1.807) is 0 Å². The van der Waals surface area contributed by atoms with Crippen molar-refractivity contribution in [2.75, 3.05) is 38.0 Å². The first-order chi connectivity index (χ1) is 14.9. The lowest BCUT2D eigenvalue weighted by atomic mass is 10.0. The van der Waals surface area contributed by atoms with E-state index in [4.69, 9.17) is 11.6 Å². The third-order valence-electron chi connectivity index (χ3n) is 5.74. The molecule has 3 aromatic carbocycles. The summed E-state index contributed by atoms with van der Waals surface area (Å²) < 4.78 is 0. The summed E-state index contributed by atoms with van der Waals surface area (Å²) in [5.41, 5.74) is 3.41. The lowest BCUT2D eigenvalue weighted by Crippen LogP contribution is -2.50. The number of amides is 2. The molecular weight excluding hydrogens is 410 g/mol. The van der Waals surface area contributed by atoms with Gasteiger partial charge in [0.05, 0.1) is 17.3 Å². The molecule has 1 saturated heterocycles. The van der Waals surface area contributed by atoms with Crippen LogP contribution < -0.4 is 5.32 Å². The monoisotopic (exact) mass is 435 g/mol. The highest BCUT2D eigenvalue weighted by atomic mass is 35.5. The Balaban J connectivity index is 1.35. The molecule has 0 aliphatic carbocycles. The predicted molar refractivity (Wildman–Crippen MR) is 126 cm³/mol. The number of nitrogens with one attached hydrogen (secondary N) is 1. The van der Waals surface area contributed by atoms with Crippen LogP contribution in [-0.4, -0.2) is 54.3 Å². The van der Waals surface area contributed by atoms with Crippen LogP contribution >= 0.6 is 11.6 Å². The van der Waals surface area contributed by atoms with Crippen LogP contribution in [0.15, 0.2) is 54.6 Å². The lowest BCUT2D eigenvalue weighted by molar-refractivity contribution is -0.117. The fourth-order valence-corrected chi connectivity index (χ4v) is 4.52. The number of anilines is 1. The Morgan fingerprint density at radius 3 is 2.42 bits per heavy atom. The predicted octanol–water partition coefficient (Wildman–Crippen LogP) is 4.51. The molecule has 160 valence electrons. The number of carbonyl (C=O) groups excluding carboxylic acids is 2. The Morgan fingerprint density at radius 2 is 1.68 bits per heavy atom. The van der Waals surface area contributed by atoms with E-state index in [0.29, 0.717) is 36.9 Å². The van der Waals surface area contributed by atoms with Crippen LogP contribution in [-0.2, 0) is 4.79 Å². The average molecular weight is 436 g/mol. The minimum atomic E-state index is -0.0947. The van der Waals surface area contributed by atoms with Crippen LogP contribution in [0.5, 0.6) is 0 Å². The summed E-state index contributed by atoms with van der Waals surface area (Å²) in [6.07, 6.45) is 0. The number of aryl methyl sites for hydroxylation is 2. The number of carbonyl (C=O) groups is 2. The number of hydrogen-bond acceptors (Lipinski definition) is 3. The third kappa shape index (κ3) is 4.73. The first-order valence-corrected chi connectivity index (χ1v) is 10.9. The first kappa shape index (κ1) is 21.3. The largest absolute Gasteiger partial charge is 0.336 e. The molecule has 0 saturated carbocycles. The van der Waals surface area contributed by atoms with Gasteiger partial charge in [0.1, 0.15) is 0 Å². The van der Waals surface area contributed by atoms with Gasteiger partial charge in [0.2, 0.25) is 5.91 Å². The summed E-state index contributed by atoms with van der Waals surface area (Å²) in [5.74, 6) is -0.0503. The van der Waals surface area contributed by atoms with Crippen LogP contribution in [0.25, 0.3) is 10.8 Å². The zero-order valence-corrected chi connectivity index (χ0v) is 18.6. The van der Waals surface area contributed by atoms with Gasteiger partial charge in [-0.1, -0.05) is 54.1 Å². The zero-order chi connectivity index (χ0) is 22.0. The van der Waals surface area contributed by atoms with Crippen molar-refractivity contribution in [2.24, 2.45) is 0 Å². The van der Waals surface area contributed by atoms with Crippen molar-refractivity contribution in [3.05, 3.63) is 76.3 Å². The first-order valence-electron chi connectivity index (χ1n) is 10.5. The molecule has 4 rings (SSSR count). The Hall–Kier alpha value is -2.89. The van der Waals surface area contributed by atoms with Gasteiger partial charge in [-0.25, -0.2) is 0 Å². The molecule has 0 unspecified atom stereocenters. The van der Waals surface area contributed by atoms with Crippen LogP contribution in [0, 0.1) is 13.8 Å². The second-order valence-corrected chi connectivity index (χ2v) is 8.49. The molecule has 5 nitrogen and oxygen atoms in total. The highest BCUT2D eigenvalue weighted by Gasteiger charge is 2.24. The number of nitrogens with zero attached hydrogens (tertiary/aromatic N) is 2. The van der Waals surface area contributed by atoms with Crippen molar-refractivity contribution < 1.29 is 9.59 Å². The SMILES string of the molecule is Cc1cc(C)c(NC(=O)CN2CCN(C(=O)c3cccc4ccccc34)CC2)c(Cl)c1. The van der Waals surface area contributed by atoms with Gasteiger partial charge < -0.3 is 10.2 Å². The number of piperazine rings is 1. The molecule has 3 aromatic rings. The second-order valence-electron chi connectivity index (χ2n) is 8.08. The molecule has 31 heavy (non-hydrogen) atoms. The highest BCUT2D eigenvalue weighted by molar-refractivity contribution is 6.34. The van der Waals surface area contributed by atoms with Gasteiger partial charge in [-0.15, -0.1) is 0 Å². The third-order valence-corrected chi connectivity index (χ3v) is 6.04. The van der Waals surface area contributed by atoms with Gasteiger partial charge in [0.25, 0.3) is 5.91 Å². The maximum Gasteiger partial charge on any atom is 0.254 e. The molecule has 0 bridgehead atoms. The maximum absolute atomic E-state index is 13.1. The van der Waals surface area contributed by atoms with Gasteiger partial charge in [-0.2, -0.15) is 0 Å². The van der Waals surface area contributed by atoms with E-state index in [2.05, 4.69) is 10.2 Å². The smallest absolute Gasteiger partial charge is 0.254 e. The molecule has 1 aliphatic heterocycles. The van der Waals surface area contributed by atoms with Crippen LogP contribution in [0.3, 0.4) is 0 Å². The standard InChI is InChI=1S/C25H26ClN3O2/c1-17-14-18(2)24(22(26)15-17)27-23(30)16-28-10-12-29(13-11-28)25(31)21-9-5-7-19-6-3-4-8-20(19)21/h3-9,14-15H,10-13,16H2,1-2H3,(H,27,30). The Labute approximate surface area is 187 Å². The van der Waals surface area contributed by atoms with E-state index in [1.807, 2.05) is 73.3 Å². The number of fused-ring (bicyclic) bond motifs is 1. The second kappa shape index (κ2) is 9.08. The Bertz CT molecular complexity index is 1110. The minimum absolute atomic E-state index is 0.0444. The number of rotatable bonds is 4. The van der Waals surface area contributed by atoms with Crippen molar-refractivity contribution in [3.8, 4) is 0 Å². The highest BCUT2D eigenvalue weighted by Crippen LogP contribution is 2.27. The fraction of sp³-hybridized carbons (Fsp3) is 0.280. The summed E-state index contributed by atoms with van der Waals surface area (Å²) in [5, 5.41) is 5.53. The van der Waals surface area contributed by atoms with Crippen molar-refractivity contribution >= 4 is 39.9 Å². The molecule has 1 N–H and O–H groups in total. The topological polar surface area (TPSA) is 52.7 Å². The van der Waals surface area contributed by atoms with Gasteiger partial charge in [0, 0.05) is 31.7 Å². The quantitative estimate of drug-likeness (QED) is 0.656. The summed E-state index contributed by atoms with van der Waals surface area (Å²) >= 11 is 6.30. The molecule has 0 spiro atoms. The fourth-order valence-electron chi connectivity index (χ4n) is 4.15. The van der Waals surface area contributed by atoms with Gasteiger partial charge in [-0.3, -0.25) is 14.5 Å². The van der Waals surface area contributed by atoms with Crippen LogP contribution in [0.1, 0.15) is 21.5 Å². The van der Waals surface area contributed by atoms with Crippen LogP contribution in [0.4, 0.5) is 5.69 Å². The van der Waals surface area contributed by atoms with Crippen molar-refractivity contribution in [1.82, 2.24) is 9.80 Å². The van der Waals surface area contributed by atoms with Crippen molar-refractivity contribution in [1.29, 1.82) is 0 Å². The Morgan fingerprint density at radius 1 is 0.968 bits per heavy atom. The zero-order valence-electron chi connectivity index (χ0n) is 17.8.